The summed E-state index contributed by atoms with van der Waals surface area (Å²) >= 11 is 0. The predicted molar refractivity (Wildman–Crippen MR) is 152 cm³/mol. The van der Waals surface area contributed by atoms with Crippen LogP contribution in [0.2, 0.25) is 0 Å². The summed E-state index contributed by atoms with van der Waals surface area (Å²) in [6.07, 6.45) is 4.13. The fourth-order valence-corrected chi connectivity index (χ4v) is 6.58. The fourth-order valence-electron chi connectivity index (χ4n) is 6.58. The molecule has 0 atom stereocenters. The van der Waals surface area contributed by atoms with E-state index < -0.39 is 0 Å². The third-order valence-electron chi connectivity index (χ3n) is 7.93. The maximum absolute atomic E-state index is 4.30. The quantitative estimate of drug-likeness (QED) is 0.231. The fraction of sp³-hybridized carbons (Fsp3) is 0.0556. The van der Waals surface area contributed by atoms with Crippen molar-refractivity contribution in [2.75, 3.05) is 0 Å². The Hall–Kier alpha value is -4.42. The van der Waals surface area contributed by atoms with Gasteiger partial charge in [0.25, 0.3) is 0 Å². The summed E-state index contributed by atoms with van der Waals surface area (Å²) in [5.74, 6) is 0. The maximum Gasteiger partial charge on any atom is 0.0731 e. The molecule has 0 amide bonds. The van der Waals surface area contributed by atoms with Crippen LogP contribution in [-0.2, 0) is 5.41 Å². The summed E-state index contributed by atoms with van der Waals surface area (Å²) in [4.78, 5) is 0. The zero-order chi connectivity index (χ0) is 24.3. The Kier molecular flexibility index (Phi) is 4.53. The smallest absolute Gasteiger partial charge is 0.0731 e. The Morgan fingerprint density at radius 3 is 1.69 bits per heavy atom. The number of fused-ring (bicyclic) bond motifs is 10. The highest BCUT2D eigenvalue weighted by Gasteiger charge is 2.52. The Labute approximate surface area is 212 Å². The summed E-state index contributed by atoms with van der Waals surface area (Å²) in [5.41, 5.74) is 15.2. The molecule has 0 radical (unpaired) electrons. The van der Waals surface area contributed by atoms with E-state index in [1.165, 1.54) is 55.6 Å². The van der Waals surface area contributed by atoms with Crippen LogP contribution in [-0.4, -0.2) is 0 Å². The van der Waals surface area contributed by atoms with Gasteiger partial charge in [0.1, 0.15) is 0 Å². The molecule has 0 fully saturated rings. The van der Waals surface area contributed by atoms with E-state index in [4.69, 9.17) is 0 Å². The van der Waals surface area contributed by atoms with Crippen molar-refractivity contribution in [1.29, 1.82) is 0 Å². The Balaban J connectivity index is 1.61. The van der Waals surface area contributed by atoms with Gasteiger partial charge in [0.2, 0.25) is 0 Å². The second kappa shape index (κ2) is 7.80. The summed E-state index contributed by atoms with van der Waals surface area (Å²) in [5, 5.41) is 0. The molecule has 0 nitrogen and oxygen atoms in total. The van der Waals surface area contributed by atoms with Crippen LogP contribution in [0, 0.1) is 0 Å². The highest BCUT2D eigenvalue weighted by atomic mass is 14.5. The molecule has 0 heterocycles. The summed E-state index contributed by atoms with van der Waals surface area (Å²) < 4.78 is 0. The van der Waals surface area contributed by atoms with Gasteiger partial charge < -0.3 is 0 Å². The number of hydrogen-bond donors (Lipinski definition) is 0. The standard InChI is InChI=1S/C36H26/c1-3-12-24(2)25-13-10-14-26(23-25)27-18-11-19-31-30-17-6-9-22-34(30)36(35(27)31)32-20-7-4-15-28(32)29-16-5-8-21-33(29)36/h3-23H,2H2,1H3/b12-3-. The molecule has 0 bridgehead atoms. The molecular weight excluding hydrogens is 432 g/mol. The molecule has 7 rings (SSSR count). The van der Waals surface area contributed by atoms with Crippen LogP contribution in [0.3, 0.4) is 0 Å². The van der Waals surface area contributed by atoms with Crippen LogP contribution in [0.15, 0.2) is 134 Å². The third kappa shape index (κ3) is 2.64. The first-order valence-corrected chi connectivity index (χ1v) is 12.6. The molecule has 5 aromatic carbocycles. The minimum atomic E-state index is -0.341. The lowest BCUT2D eigenvalue weighted by molar-refractivity contribution is 0.796. The molecule has 0 saturated heterocycles. The molecular formula is C36H26. The van der Waals surface area contributed by atoms with E-state index in [0.717, 1.165) is 11.1 Å². The molecule has 170 valence electrons. The molecule has 5 aromatic rings. The lowest BCUT2D eigenvalue weighted by Crippen LogP contribution is -2.26. The molecule has 1 spiro atoms. The van der Waals surface area contributed by atoms with Gasteiger partial charge in [-0.15, -0.1) is 0 Å². The van der Waals surface area contributed by atoms with E-state index in [-0.39, 0.29) is 5.41 Å². The zero-order valence-corrected chi connectivity index (χ0v) is 20.3. The van der Waals surface area contributed by atoms with E-state index in [9.17, 15) is 0 Å². The molecule has 0 aliphatic heterocycles. The van der Waals surface area contributed by atoms with E-state index in [1.54, 1.807) is 0 Å². The molecule has 0 N–H and O–H groups in total. The molecule has 0 unspecified atom stereocenters. The van der Waals surface area contributed by atoms with Gasteiger partial charge in [-0.3, -0.25) is 0 Å². The van der Waals surface area contributed by atoms with Gasteiger partial charge in [-0.2, -0.15) is 0 Å². The van der Waals surface area contributed by atoms with E-state index in [2.05, 4.69) is 128 Å². The van der Waals surface area contributed by atoms with E-state index >= 15 is 0 Å². The van der Waals surface area contributed by atoms with Crippen LogP contribution in [0.5, 0.6) is 0 Å². The molecule has 0 saturated carbocycles. The first-order chi connectivity index (χ1) is 17.7. The lowest BCUT2D eigenvalue weighted by Gasteiger charge is -2.32. The third-order valence-corrected chi connectivity index (χ3v) is 7.93. The monoisotopic (exact) mass is 458 g/mol. The van der Waals surface area contributed by atoms with Gasteiger partial charge in [-0.25, -0.2) is 0 Å². The molecule has 0 heteroatoms. The largest absolute Gasteiger partial charge is 0.0912 e. The van der Waals surface area contributed by atoms with Crippen molar-refractivity contribution in [3.63, 3.8) is 0 Å². The maximum atomic E-state index is 4.30. The van der Waals surface area contributed by atoms with Crippen LogP contribution < -0.4 is 0 Å². The van der Waals surface area contributed by atoms with Gasteiger partial charge in [-0.05, 0) is 79.8 Å². The zero-order valence-electron chi connectivity index (χ0n) is 20.3. The summed E-state index contributed by atoms with van der Waals surface area (Å²) in [6.45, 7) is 6.33. The lowest BCUT2D eigenvalue weighted by atomic mass is 9.68. The molecule has 2 aliphatic rings. The molecule has 2 aliphatic carbocycles. The van der Waals surface area contributed by atoms with Gasteiger partial charge in [0.05, 0.1) is 5.41 Å². The van der Waals surface area contributed by atoms with Gasteiger partial charge in [0, 0.05) is 0 Å². The first-order valence-electron chi connectivity index (χ1n) is 12.6. The van der Waals surface area contributed by atoms with Crippen molar-refractivity contribution in [2.45, 2.75) is 12.3 Å². The number of rotatable bonds is 3. The van der Waals surface area contributed by atoms with Crippen molar-refractivity contribution in [2.24, 2.45) is 0 Å². The molecule has 0 aromatic heterocycles. The van der Waals surface area contributed by atoms with Gasteiger partial charge in [0.15, 0.2) is 0 Å². The SMILES string of the molecule is C=C(/C=C\C)c1cccc(-c2cccc3c2C2(c4ccccc4-c4ccccc42)c2ccccc2-3)c1. The molecule has 36 heavy (non-hydrogen) atoms. The van der Waals surface area contributed by atoms with Crippen LogP contribution >= 0.6 is 0 Å². The summed E-state index contributed by atoms with van der Waals surface area (Å²) in [7, 11) is 0. The first kappa shape index (κ1) is 20.9. The van der Waals surface area contributed by atoms with Gasteiger partial charge >= 0.3 is 0 Å². The Bertz CT molecular complexity index is 1650. The number of allylic oxidation sites excluding steroid dienone is 3. The van der Waals surface area contributed by atoms with Crippen molar-refractivity contribution in [3.8, 4) is 33.4 Å². The van der Waals surface area contributed by atoms with E-state index in [0.29, 0.717) is 0 Å². The number of benzene rings is 5. The van der Waals surface area contributed by atoms with Crippen LogP contribution in [0.1, 0.15) is 34.7 Å². The highest BCUT2D eigenvalue weighted by Crippen LogP contribution is 2.64. The highest BCUT2D eigenvalue weighted by molar-refractivity contribution is 5.98. The van der Waals surface area contributed by atoms with Crippen LogP contribution in [0.4, 0.5) is 0 Å². The second-order valence-corrected chi connectivity index (χ2v) is 9.72. The topological polar surface area (TPSA) is 0 Å². The predicted octanol–water partition coefficient (Wildman–Crippen LogP) is 9.29. The van der Waals surface area contributed by atoms with Crippen LogP contribution in [0.25, 0.3) is 39.0 Å². The minimum Gasteiger partial charge on any atom is -0.0912 e. The van der Waals surface area contributed by atoms with Gasteiger partial charge in [-0.1, -0.05) is 128 Å². The number of hydrogen-bond acceptors (Lipinski definition) is 0. The minimum absolute atomic E-state index is 0.341. The average Bonchev–Trinajstić information content (AvgIpc) is 3.41. The Morgan fingerprint density at radius 1 is 0.583 bits per heavy atom. The van der Waals surface area contributed by atoms with Crippen molar-refractivity contribution < 1.29 is 0 Å². The van der Waals surface area contributed by atoms with Crippen molar-refractivity contribution in [1.82, 2.24) is 0 Å². The van der Waals surface area contributed by atoms with Crippen molar-refractivity contribution >= 4 is 5.57 Å². The summed E-state index contributed by atoms with van der Waals surface area (Å²) in [6, 6.07) is 42.6. The Morgan fingerprint density at radius 2 is 1.08 bits per heavy atom. The second-order valence-electron chi connectivity index (χ2n) is 9.72. The van der Waals surface area contributed by atoms with E-state index in [1.807, 2.05) is 13.0 Å². The normalized spacial score (nSPS) is 13.9. The average molecular weight is 459 g/mol. The van der Waals surface area contributed by atoms with Crippen molar-refractivity contribution in [3.05, 3.63) is 162 Å².